The van der Waals surface area contributed by atoms with Gasteiger partial charge in [-0.25, -0.2) is 18.7 Å². The zero-order valence-corrected chi connectivity index (χ0v) is 18.5. The van der Waals surface area contributed by atoms with Crippen LogP contribution in [-0.4, -0.2) is 45.8 Å². The van der Waals surface area contributed by atoms with Gasteiger partial charge in [0.05, 0.1) is 24.6 Å². The second kappa shape index (κ2) is 8.53. The molecule has 1 N–H and O–H groups in total. The van der Waals surface area contributed by atoms with Gasteiger partial charge in [0.15, 0.2) is 11.6 Å². The first-order chi connectivity index (χ1) is 15.9. The van der Waals surface area contributed by atoms with Crippen molar-refractivity contribution >= 4 is 22.7 Å². The van der Waals surface area contributed by atoms with E-state index >= 15 is 0 Å². The number of pyridine rings is 1. The Morgan fingerprint density at radius 3 is 2.67 bits per heavy atom. The van der Waals surface area contributed by atoms with Gasteiger partial charge in [0.1, 0.15) is 16.3 Å². The number of aromatic nitrogens is 3. The van der Waals surface area contributed by atoms with Crippen LogP contribution in [0, 0.1) is 18.6 Å². The van der Waals surface area contributed by atoms with Crippen LogP contribution in [0.15, 0.2) is 41.3 Å². The van der Waals surface area contributed by atoms with Crippen LogP contribution >= 0.6 is 11.3 Å². The average Bonchev–Trinajstić information content (AvgIpc) is 3.18. The van der Waals surface area contributed by atoms with Crippen molar-refractivity contribution < 1.29 is 18.6 Å². The average molecular weight is 471 g/mol. The fraction of sp³-hybridized carbons (Fsp3) is 0.261. The SMILES string of the molecule is Cc1nc(-c2nc3ccc(N4CCOCC4)cn3c(=O)c2O)sc1Cc1ccc(F)c(F)c1. The highest BCUT2D eigenvalue weighted by atomic mass is 32.1. The minimum atomic E-state index is -0.909. The summed E-state index contributed by atoms with van der Waals surface area (Å²) < 4.78 is 33.5. The minimum Gasteiger partial charge on any atom is -0.501 e. The molecule has 5 rings (SSSR count). The van der Waals surface area contributed by atoms with Gasteiger partial charge in [-0.15, -0.1) is 11.3 Å². The summed E-state index contributed by atoms with van der Waals surface area (Å²) in [5.74, 6) is -2.30. The van der Waals surface area contributed by atoms with Gasteiger partial charge in [-0.3, -0.25) is 9.20 Å². The number of anilines is 1. The smallest absolute Gasteiger partial charge is 0.300 e. The number of benzene rings is 1. The fourth-order valence-electron chi connectivity index (χ4n) is 3.80. The Bertz CT molecular complexity index is 1410. The van der Waals surface area contributed by atoms with E-state index in [1.807, 2.05) is 6.07 Å². The molecule has 4 aromatic rings. The lowest BCUT2D eigenvalue weighted by molar-refractivity contribution is 0.122. The van der Waals surface area contributed by atoms with Crippen molar-refractivity contribution in [2.24, 2.45) is 0 Å². The predicted molar refractivity (Wildman–Crippen MR) is 121 cm³/mol. The molecule has 0 amide bonds. The number of halogens is 2. The topological polar surface area (TPSA) is 80.0 Å². The van der Waals surface area contributed by atoms with Crippen molar-refractivity contribution in [3.8, 4) is 16.5 Å². The number of aromatic hydroxyl groups is 1. The van der Waals surface area contributed by atoms with Crippen molar-refractivity contribution in [3.05, 3.63) is 74.7 Å². The number of thiazole rings is 1. The summed E-state index contributed by atoms with van der Waals surface area (Å²) in [6.45, 7) is 4.46. The molecule has 170 valence electrons. The molecule has 1 aliphatic rings. The van der Waals surface area contributed by atoms with Crippen LogP contribution in [0.5, 0.6) is 5.75 Å². The largest absolute Gasteiger partial charge is 0.501 e. The zero-order valence-electron chi connectivity index (χ0n) is 17.7. The second-order valence-corrected chi connectivity index (χ2v) is 8.87. The Morgan fingerprint density at radius 1 is 1.12 bits per heavy atom. The highest BCUT2D eigenvalue weighted by molar-refractivity contribution is 7.15. The van der Waals surface area contributed by atoms with E-state index in [0.717, 1.165) is 35.8 Å². The number of morpholine rings is 1. The summed E-state index contributed by atoms with van der Waals surface area (Å²) in [7, 11) is 0. The molecule has 10 heteroatoms. The van der Waals surface area contributed by atoms with E-state index in [4.69, 9.17) is 4.74 Å². The highest BCUT2D eigenvalue weighted by Crippen LogP contribution is 2.32. The number of hydrogen-bond acceptors (Lipinski definition) is 7. The first-order valence-corrected chi connectivity index (χ1v) is 11.2. The maximum absolute atomic E-state index is 13.6. The quantitative estimate of drug-likeness (QED) is 0.492. The predicted octanol–water partition coefficient (Wildman–Crippen LogP) is 3.54. The molecule has 33 heavy (non-hydrogen) atoms. The van der Waals surface area contributed by atoms with Gasteiger partial charge in [-0.2, -0.15) is 0 Å². The molecule has 0 atom stereocenters. The van der Waals surface area contributed by atoms with Crippen LogP contribution in [0.1, 0.15) is 16.1 Å². The zero-order chi connectivity index (χ0) is 23.1. The van der Waals surface area contributed by atoms with Crippen molar-refractivity contribution in [2.45, 2.75) is 13.3 Å². The molecule has 1 aliphatic heterocycles. The van der Waals surface area contributed by atoms with Crippen molar-refractivity contribution in [1.82, 2.24) is 14.4 Å². The van der Waals surface area contributed by atoms with Crippen LogP contribution in [0.3, 0.4) is 0 Å². The third kappa shape index (κ3) is 4.07. The van der Waals surface area contributed by atoms with E-state index < -0.39 is 22.9 Å². The Labute approximate surface area is 191 Å². The van der Waals surface area contributed by atoms with Crippen molar-refractivity contribution in [3.63, 3.8) is 0 Å². The molecule has 0 saturated carbocycles. The summed E-state index contributed by atoms with van der Waals surface area (Å²) in [5.41, 5.74) is 2.02. The third-order valence-electron chi connectivity index (χ3n) is 5.60. The summed E-state index contributed by atoms with van der Waals surface area (Å²) >= 11 is 1.25. The molecule has 0 bridgehead atoms. The number of rotatable bonds is 4. The summed E-state index contributed by atoms with van der Waals surface area (Å²) in [5, 5.41) is 11.0. The fourth-order valence-corrected chi connectivity index (χ4v) is 4.89. The molecule has 1 saturated heterocycles. The third-order valence-corrected chi connectivity index (χ3v) is 6.77. The molecule has 1 aromatic carbocycles. The maximum Gasteiger partial charge on any atom is 0.300 e. The Balaban J connectivity index is 1.50. The van der Waals surface area contributed by atoms with E-state index in [1.165, 1.54) is 21.8 Å². The van der Waals surface area contributed by atoms with Gasteiger partial charge >= 0.3 is 5.56 Å². The molecule has 0 aliphatic carbocycles. The normalized spacial score (nSPS) is 14.2. The van der Waals surface area contributed by atoms with Crippen LogP contribution in [-0.2, 0) is 11.2 Å². The van der Waals surface area contributed by atoms with Gasteiger partial charge in [-0.05, 0) is 36.8 Å². The van der Waals surface area contributed by atoms with E-state index in [0.29, 0.717) is 41.5 Å². The number of aryl methyl sites for hydroxylation is 1. The van der Waals surface area contributed by atoms with Gasteiger partial charge < -0.3 is 14.7 Å². The van der Waals surface area contributed by atoms with E-state index in [-0.39, 0.29) is 5.69 Å². The number of ether oxygens (including phenoxy) is 1. The first-order valence-electron chi connectivity index (χ1n) is 10.4. The van der Waals surface area contributed by atoms with E-state index in [9.17, 15) is 18.7 Å². The molecule has 1 fully saturated rings. The van der Waals surface area contributed by atoms with Gasteiger partial charge in [0.25, 0.3) is 0 Å². The number of nitrogens with zero attached hydrogens (tertiary/aromatic N) is 4. The lowest BCUT2D eigenvalue weighted by Gasteiger charge is -2.28. The maximum atomic E-state index is 13.6. The molecule has 3 aromatic heterocycles. The summed E-state index contributed by atoms with van der Waals surface area (Å²) in [6, 6.07) is 7.37. The number of hydrogen-bond donors (Lipinski definition) is 1. The summed E-state index contributed by atoms with van der Waals surface area (Å²) in [4.78, 5) is 24.8. The second-order valence-electron chi connectivity index (χ2n) is 7.78. The van der Waals surface area contributed by atoms with Crippen molar-refractivity contribution in [2.75, 3.05) is 31.2 Å². The minimum absolute atomic E-state index is 0.101. The molecule has 4 heterocycles. The molecular formula is C23H20F2N4O3S. The molecule has 0 unspecified atom stereocenters. The van der Waals surface area contributed by atoms with Crippen LogP contribution in [0.25, 0.3) is 16.3 Å². The first kappa shape index (κ1) is 21.5. The van der Waals surface area contributed by atoms with Crippen LogP contribution in [0.2, 0.25) is 0 Å². The molecule has 7 nitrogen and oxygen atoms in total. The highest BCUT2D eigenvalue weighted by Gasteiger charge is 2.20. The van der Waals surface area contributed by atoms with Gasteiger partial charge in [-0.1, -0.05) is 6.07 Å². The lowest BCUT2D eigenvalue weighted by atomic mass is 10.1. The monoisotopic (exact) mass is 470 g/mol. The molecule has 0 spiro atoms. The van der Waals surface area contributed by atoms with Gasteiger partial charge in [0, 0.05) is 30.6 Å². The standard InChI is InChI=1S/C23H20F2N4O3S/c1-13-18(11-14-2-4-16(24)17(25)10-14)33-22(26-13)20-21(30)23(31)29-12-15(3-5-19(29)27-20)28-6-8-32-9-7-28/h2-5,10,12,30H,6-9,11H2,1H3. The van der Waals surface area contributed by atoms with Crippen molar-refractivity contribution in [1.29, 1.82) is 0 Å². The Morgan fingerprint density at radius 2 is 1.91 bits per heavy atom. The Kier molecular flexibility index (Phi) is 5.55. The van der Waals surface area contributed by atoms with E-state index in [1.54, 1.807) is 19.2 Å². The molecular weight excluding hydrogens is 450 g/mol. The van der Waals surface area contributed by atoms with Crippen LogP contribution in [0.4, 0.5) is 14.5 Å². The lowest BCUT2D eigenvalue weighted by Crippen LogP contribution is -2.36. The van der Waals surface area contributed by atoms with E-state index in [2.05, 4.69) is 14.9 Å². The van der Waals surface area contributed by atoms with Crippen LogP contribution < -0.4 is 10.5 Å². The van der Waals surface area contributed by atoms with Gasteiger partial charge in [0.2, 0.25) is 5.75 Å². The molecule has 0 radical (unpaired) electrons. The number of fused-ring (bicyclic) bond motifs is 1. The Hall–Kier alpha value is -3.37. The summed E-state index contributed by atoms with van der Waals surface area (Å²) in [6.07, 6.45) is 2.01.